The first-order chi connectivity index (χ1) is 11.9. The molecule has 1 saturated heterocycles. The van der Waals surface area contributed by atoms with Gasteiger partial charge in [0, 0.05) is 23.7 Å². The maximum Gasteiger partial charge on any atom is 0.226 e. The number of carbonyl (C=O) groups is 2. The van der Waals surface area contributed by atoms with E-state index in [9.17, 15) is 9.59 Å². The summed E-state index contributed by atoms with van der Waals surface area (Å²) in [5.41, 5.74) is 2.47. The second-order valence-corrected chi connectivity index (χ2v) is 7.49. The van der Waals surface area contributed by atoms with E-state index in [2.05, 4.69) is 22.9 Å². The Morgan fingerprint density at radius 1 is 1.15 bits per heavy atom. The molecule has 1 heterocycles. The molecular formula is C20H32ClN3O2. The van der Waals surface area contributed by atoms with Crippen LogP contribution in [-0.4, -0.2) is 24.9 Å². The van der Waals surface area contributed by atoms with Gasteiger partial charge in [-0.1, -0.05) is 26.8 Å². The SMILES string of the molecule is Cc1ccc(NC(=O)C(C)C)cc1NC(=O)CC(C)C1CCNCC1.Cl. The quantitative estimate of drug-likeness (QED) is 0.698. The van der Waals surface area contributed by atoms with Gasteiger partial charge in [0.25, 0.3) is 0 Å². The molecule has 0 bridgehead atoms. The number of piperidine rings is 1. The van der Waals surface area contributed by atoms with Crippen molar-refractivity contribution in [3.05, 3.63) is 23.8 Å². The first-order valence-electron chi connectivity index (χ1n) is 9.29. The summed E-state index contributed by atoms with van der Waals surface area (Å²) in [6.45, 7) is 9.94. The minimum Gasteiger partial charge on any atom is -0.326 e. The maximum atomic E-state index is 12.4. The Balaban J connectivity index is 0.00000338. The number of rotatable bonds is 6. The third-order valence-corrected chi connectivity index (χ3v) is 5.00. The highest BCUT2D eigenvalue weighted by Gasteiger charge is 2.22. The van der Waals surface area contributed by atoms with E-state index >= 15 is 0 Å². The summed E-state index contributed by atoms with van der Waals surface area (Å²) in [7, 11) is 0. The van der Waals surface area contributed by atoms with Gasteiger partial charge in [0.1, 0.15) is 0 Å². The second-order valence-electron chi connectivity index (χ2n) is 7.49. The number of amides is 2. The van der Waals surface area contributed by atoms with Gasteiger partial charge in [0.15, 0.2) is 0 Å². The largest absolute Gasteiger partial charge is 0.326 e. The molecule has 1 aliphatic heterocycles. The van der Waals surface area contributed by atoms with E-state index in [0.717, 1.165) is 37.2 Å². The van der Waals surface area contributed by atoms with Crippen LogP contribution in [0.15, 0.2) is 18.2 Å². The van der Waals surface area contributed by atoms with E-state index in [1.54, 1.807) is 0 Å². The summed E-state index contributed by atoms with van der Waals surface area (Å²) in [5, 5.41) is 9.26. The number of anilines is 2. The monoisotopic (exact) mass is 381 g/mol. The first-order valence-corrected chi connectivity index (χ1v) is 9.29. The Labute approximate surface area is 163 Å². The fraction of sp³-hybridized carbons (Fsp3) is 0.600. The van der Waals surface area contributed by atoms with Crippen LogP contribution >= 0.6 is 12.4 Å². The van der Waals surface area contributed by atoms with Crippen LogP contribution in [0.2, 0.25) is 0 Å². The van der Waals surface area contributed by atoms with Crippen LogP contribution in [-0.2, 0) is 9.59 Å². The van der Waals surface area contributed by atoms with E-state index in [-0.39, 0.29) is 30.1 Å². The summed E-state index contributed by atoms with van der Waals surface area (Å²) in [6.07, 6.45) is 2.82. The van der Waals surface area contributed by atoms with Crippen LogP contribution in [0.1, 0.15) is 45.6 Å². The van der Waals surface area contributed by atoms with Crippen molar-refractivity contribution in [2.45, 2.75) is 47.0 Å². The lowest BCUT2D eigenvalue weighted by Gasteiger charge is -2.28. The average Bonchev–Trinajstić information content (AvgIpc) is 2.58. The fourth-order valence-corrected chi connectivity index (χ4v) is 3.19. The second kappa shape index (κ2) is 10.5. The molecule has 6 heteroatoms. The predicted molar refractivity (Wildman–Crippen MR) is 110 cm³/mol. The molecule has 26 heavy (non-hydrogen) atoms. The Bertz CT molecular complexity index is 613. The number of aryl methyl sites for hydroxylation is 1. The van der Waals surface area contributed by atoms with E-state index in [0.29, 0.717) is 23.9 Å². The number of carbonyl (C=O) groups excluding carboxylic acids is 2. The smallest absolute Gasteiger partial charge is 0.226 e. The van der Waals surface area contributed by atoms with Crippen LogP contribution in [0.25, 0.3) is 0 Å². The zero-order valence-corrected chi connectivity index (χ0v) is 17.0. The highest BCUT2D eigenvalue weighted by atomic mass is 35.5. The Hall–Kier alpha value is -1.59. The minimum atomic E-state index is -0.0785. The minimum absolute atomic E-state index is 0. The van der Waals surface area contributed by atoms with Gasteiger partial charge in [-0.2, -0.15) is 0 Å². The fourth-order valence-electron chi connectivity index (χ4n) is 3.19. The van der Waals surface area contributed by atoms with Crippen molar-refractivity contribution in [2.75, 3.05) is 23.7 Å². The van der Waals surface area contributed by atoms with Gasteiger partial charge in [-0.05, 0) is 62.4 Å². The molecule has 1 fully saturated rings. The molecule has 0 aromatic heterocycles. The summed E-state index contributed by atoms with van der Waals surface area (Å²) >= 11 is 0. The van der Waals surface area contributed by atoms with Crippen molar-refractivity contribution in [3.8, 4) is 0 Å². The molecule has 1 unspecified atom stereocenters. The highest BCUT2D eigenvalue weighted by molar-refractivity contribution is 5.95. The van der Waals surface area contributed by atoms with Crippen molar-refractivity contribution in [1.29, 1.82) is 0 Å². The van der Waals surface area contributed by atoms with Gasteiger partial charge >= 0.3 is 0 Å². The average molecular weight is 382 g/mol. The molecule has 0 saturated carbocycles. The number of halogens is 1. The number of hydrogen-bond donors (Lipinski definition) is 3. The zero-order chi connectivity index (χ0) is 18.4. The molecule has 0 spiro atoms. The lowest BCUT2D eigenvalue weighted by Crippen LogP contribution is -2.32. The van der Waals surface area contributed by atoms with Crippen LogP contribution < -0.4 is 16.0 Å². The van der Waals surface area contributed by atoms with E-state index in [1.165, 1.54) is 0 Å². The Morgan fingerprint density at radius 2 is 1.81 bits per heavy atom. The maximum absolute atomic E-state index is 12.4. The van der Waals surface area contributed by atoms with Crippen LogP contribution in [0.4, 0.5) is 11.4 Å². The van der Waals surface area contributed by atoms with Crippen LogP contribution in [0.5, 0.6) is 0 Å². The molecule has 1 atom stereocenters. The van der Waals surface area contributed by atoms with Gasteiger partial charge in [0.05, 0.1) is 0 Å². The molecule has 2 rings (SSSR count). The van der Waals surface area contributed by atoms with E-state index in [4.69, 9.17) is 0 Å². The van der Waals surface area contributed by atoms with Crippen LogP contribution in [0.3, 0.4) is 0 Å². The molecule has 1 aromatic rings. The molecule has 2 amide bonds. The molecular weight excluding hydrogens is 350 g/mol. The topological polar surface area (TPSA) is 70.2 Å². The molecule has 5 nitrogen and oxygen atoms in total. The predicted octanol–water partition coefficient (Wildman–Crippen LogP) is 3.98. The van der Waals surface area contributed by atoms with Gasteiger partial charge in [-0.3, -0.25) is 9.59 Å². The molecule has 1 aromatic carbocycles. The number of nitrogens with one attached hydrogen (secondary N) is 3. The van der Waals surface area contributed by atoms with Gasteiger partial charge in [0.2, 0.25) is 11.8 Å². The normalized spacial score (nSPS) is 15.9. The lowest BCUT2D eigenvalue weighted by molar-refractivity contribution is -0.119. The summed E-state index contributed by atoms with van der Waals surface area (Å²) in [6, 6.07) is 5.62. The first kappa shape index (κ1) is 22.5. The Morgan fingerprint density at radius 3 is 2.42 bits per heavy atom. The molecule has 0 aliphatic carbocycles. The molecule has 0 radical (unpaired) electrons. The van der Waals surface area contributed by atoms with Crippen molar-refractivity contribution < 1.29 is 9.59 Å². The highest BCUT2D eigenvalue weighted by Crippen LogP contribution is 2.26. The number of benzene rings is 1. The zero-order valence-electron chi connectivity index (χ0n) is 16.2. The molecule has 146 valence electrons. The lowest BCUT2D eigenvalue weighted by atomic mass is 9.84. The number of hydrogen-bond acceptors (Lipinski definition) is 3. The third kappa shape index (κ3) is 6.61. The van der Waals surface area contributed by atoms with Gasteiger partial charge in [-0.25, -0.2) is 0 Å². The van der Waals surface area contributed by atoms with Crippen LogP contribution in [0, 0.1) is 24.7 Å². The molecule has 3 N–H and O–H groups in total. The van der Waals surface area contributed by atoms with Crippen molar-refractivity contribution in [2.24, 2.45) is 17.8 Å². The van der Waals surface area contributed by atoms with Crippen molar-refractivity contribution in [1.82, 2.24) is 5.32 Å². The summed E-state index contributed by atoms with van der Waals surface area (Å²) in [4.78, 5) is 24.3. The van der Waals surface area contributed by atoms with Crippen molar-refractivity contribution in [3.63, 3.8) is 0 Å². The standard InChI is InChI=1S/C20H31N3O2.ClH/c1-13(2)20(25)22-17-6-5-14(3)18(12-17)23-19(24)11-15(4)16-7-9-21-10-8-16;/h5-6,12-13,15-16,21H,7-11H2,1-4H3,(H,22,25)(H,23,24);1H. The summed E-state index contributed by atoms with van der Waals surface area (Å²) < 4.78 is 0. The molecule has 1 aliphatic rings. The third-order valence-electron chi connectivity index (χ3n) is 5.00. The van der Waals surface area contributed by atoms with E-state index < -0.39 is 0 Å². The van der Waals surface area contributed by atoms with Gasteiger partial charge in [-0.15, -0.1) is 12.4 Å². The summed E-state index contributed by atoms with van der Waals surface area (Å²) in [5.74, 6) is 0.934. The van der Waals surface area contributed by atoms with Crippen molar-refractivity contribution >= 4 is 35.6 Å². The van der Waals surface area contributed by atoms with Gasteiger partial charge < -0.3 is 16.0 Å². The van der Waals surface area contributed by atoms with E-state index in [1.807, 2.05) is 39.0 Å². The Kier molecular flexibility index (Phi) is 9.09.